The predicted octanol–water partition coefficient (Wildman–Crippen LogP) is 3.62. The Bertz CT molecular complexity index is 1050. The molecule has 1 amide bonds. The molecule has 0 bridgehead atoms. The molecule has 3 atom stereocenters. The number of anilines is 1. The van der Waals surface area contributed by atoms with Crippen molar-refractivity contribution in [1.29, 1.82) is 0 Å². The van der Waals surface area contributed by atoms with Crippen LogP contribution in [0, 0.1) is 11.7 Å². The van der Waals surface area contributed by atoms with Gasteiger partial charge in [-0.2, -0.15) is 13.2 Å². The molecule has 0 spiro atoms. The van der Waals surface area contributed by atoms with Crippen molar-refractivity contribution in [3.63, 3.8) is 0 Å². The number of nitrogens with two attached hydrogens (primary N) is 2. The molecule has 1 unspecified atom stereocenters. The van der Waals surface area contributed by atoms with Gasteiger partial charge in [-0.25, -0.2) is 4.39 Å². The standard InChI is InChI=1S/C24H28F4N4O2/c1-34-22(24(26,27)28)13-20(21(29)33)32(14-22)19-12-17(4-5-18(19)25)23(30,9-6-15-2-3-15)16-7-10-31-11-8-16/h4-5,7-8,10-12,15,20H,2-3,6,9,13-14,30H2,1H3,(H2,29,33)/t20?,22-,23+/m1/s1. The van der Waals surface area contributed by atoms with Crippen molar-refractivity contribution in [2.75, 3.05) is 18.6 Å². The van der Waals surface area contributed by atoms with Gasteiger partial charge in [0.2, 0.25) is 5.91 Å². The molecule has 34 heavy (non-hydrogen) atoms. The molecule has 4 rings (SSSR count). The molecule has 2 aliphatic rings. The van der Waals surface area contributed by atoms with Crippen LogP contribution in [0.4, 0.5) is 23.2 Å². The highest BCUT2D eigenvalue weighted by atomic mass is 19.4. The molecule has 4 N–H and O–H groups in total. The molecule has 10 heteroatoms. The number of primary amides is 1. The van der Waals surface area contributed by atoms with Gasteiger partial charge >= 0.3 is 6.18 Å². The molecule has 1 aliphatic carbocycles. The third kappa shape index (κ3) is 4.36. The summed E-state index contributed by atoms with van der Waals surface area (Å²) < 4.78 is 61.6. The molecule has 2 fully saturated rings. The monoisotopic (exact) mass is 480 g/mol. The Hall–Kier alpha value is -2.72. The molecule has 1 saturated heterocycles. The average molecular weight is 481 g/mol. The van der Waals surface area contributed by atoms with E-state index in [2.05, 4.69) is 4.98 Å². The molecule has 2 heterocycles. The smallest absolute Gasteiger partial charge is 0.368 e. The number of aromatic nitrogens is 1. The van der Waals surface area contributed by atoms with Gasteiger partial charge in [0.15, 0.2) is 5.60 Å². The summed E-state index contributed by atoms with van der Waals surface area (Å²) in [5, 5.41) is 0. The number of nitrogens with zero attached hydrogens (tertiary/aromatic N) is 2. The summed E-state index contributed by atoms with van der Waals surface area (Å²) in [6.45, 7) is -0.768. The van der Waals surface area contributed by atoms with E-state index in [1.165, 1.54) is 18.2 Å². The highest BCUT2D eigenvalue weighted by Crippen LogP contribution is 2.46. The summed E-state index contributed by atoms with van der Waals surface area (Å²) in [7, 11) is 0.925. The number of benzene rings is 1. The summed E-state index contributed by atoms with van der Waals surface area (Å²) in [6.07, 6.45) is 1.40. The van der Waals surface area contributed by atoms with Crippen molar-refractivity contribution in [2.24, 2.45) is 17.4 Å². The zero-order valence-corrected chi connectivity index (χ0v) is 18.8. The van der Waals surface area contributed by atoms with E-state index in [4.69, 9.17) is 16.2 Å². The van der Waals surface area contributed by atoms with E-state index < -0.39 is 48.0 Å². The lowest BCUT2D eigenvalue weighted by Crippen LogP contribution is -2.49. The lowest BCUT2D eigenvalue weighted by Gasteiger charge is -2.33. The zero-order valence-electron chi connectivity index (χ0n) is 18.8. The molecular formula is C24H28F4N4O2. The molecule has 6 nitrogen and oxygen atoms in total. The minimum absolute atomic E-state index is 0.167. The molecule has 2 aromatic rings. The maximum Gasteiger partial charge on any atom is 0.419 e. The Balaban J connectivity index is 1.77. The van der Waals surface area contributed by atoms with Crippen LogP contribution in [0.25, 0.3) is 0 Å². The third-order valence-corrected chi connectivity index (χ3v) is 7.17. The fourth-order valence-corrected chi connectivity index (χ4v) is 4.80. The molecule has 1 aliphatic heterocycles. The first-order valence-electron chi connectivity index (χ1n) is 11.2. The number of hydrogen-bond donors (Lipinski definition) is 2. The largest absolute Gasteiger partial charge is 0.419 e. The van der Waals surface area contributed by atoms with Crippen LogP contribution in [0.15, 0.2) is 42.7 Å². The Morgan fingerprint density at radius 3 is 2.44 bits per heavy atom. The van der Waals surface area contributed by atoms with Crippen molar-refractivity contribution in [3.05, 3.63) is 59.7 Å². The molecular weight excluding hydrogens is 452 g/mol. The number of amides is 1. The summed E-state index contributed by atoms with van der Waals surface area (Å²) in [4.78, 5) is 17.2. The van der Waals surface area contributed by atoms with Crippen LogP contribution in [0.5, 0.6) is 0 Å². The minimum Gasteiger partial charge on any atom is -0.368 e. The molecule has 184 valence electrons. The van der Waals surface area contributed by atoms with E-state index in [0.29, 0.717) is 17.9 Å². The Labute approximate surface area is 195 Å². The van der Waals surface area contributed by atoms with Crippen LogP contribution in [0.3, 0.4) is 0 Å². The molecule has 0 radical (unpaired) electrons. The first-order valence-corrected chi connectivity index (χ1v) is 11.2. The number of carbonyl (C=O) groups is 1. The van der Waals surface area contributed by atoms with E-state index in [9.17, 15) is 18.0 Å². The third-order valence-electron chi connectivity index (χ3n) is 7.17. The van der Waals surface area contributed by atoms with Gasteiger partial charge in [-0.15, -0.1) is 0 Å². The number of pyridine rings is 1. The van der Waals surface area contributed by atoms with Gasteiger partial charge in [0.05, 0.1) is 17.8 Å². The Morgan fingerprint density at radius 1 is 1.21 bits per heavy atom. The van der Waals surface area contributed by atoms with Crippen LogP contribution in [0.1, 0.15) is 43.2 Å². The van der Waals surface area contributed by atoms with Gasteiger partial charge in [-0.3, -0.25) is 9.78 Å². The number of halogens is 4. The molecule has 1 aromatic carbocycles. The fourth-order valence-electron chi connectivity index (χ4n) is 4.80. The van der Waals surface area contributed by atoms with Crippen LogP contribution < -0.4 is 16.4 Å². The maximum absolute atomic E-state index is 15.1. The Kier molecular flexibility index (Phi) is 6.32. The lowest BCUT2D eigenvalue weighted by molar-refractivity contribution is -0.261. The number of rotatable bonds is 8. The lowest BCUT2D eigenvalue weighted by atomic mass is 9.79. The first kappa shape index (κ1) is 24.4. The summed E-state index contributed by atoms with van der Waals surface area (Å²) >= 11 is 0. The van der Waals surface area contributed by atoms with Crippen molar-refractivity contribution in [2.45, 2.75) is 55.5 Å². The van der Waals surface area contributed by atoms with Gasteiger partial charge in [0, 0.05) is 25.9 Å². The molecule has 1 aromatic heterocycles. The highest BCUT2D eigenvalue weighted by Gasteiger charge is 2.63. The molecule has 1 saturated carbocycles. The van der Waals surface area contributed by atoms with Gasteiger partial charge in [0.25, 0.3) is 0 Å². The minimum atomic E-state index is -4.78. The SMILES string of the molecule is CO[C@]1(C(F)(F)F)CC(C(N)=O)N(c2cc([C@](N)(CCC3CC3)c3ccncc3)ccc2F)C1. The number of hydrogen-bond acceptors (Lipinski definition) is 5. The predicted molar refractivity (Wildman–Crippen MR) is 118 cm³/mol. The number of carbonyl (C=O) groups excluding carboxylic acids is 1. The van der Waals surface area contributed by atoms with Crippen LogP contribution in [-0.2, 0) is 15.1 Å². The normalized spacial score (nSPS) is 24.8. The van der Waals surface area contributed by atoms with Gasteiger partial charge < -0.3 is 21.1 Å². The first-order chi connectivity index (χ1) is 16.0. The summed E-state index contributed by atoms with van der Waals surface area (Å²) in [6, 6.07) is 6.29. The van der Waals surface area contributed by atoms with Gasteiger partial charge in [-0.05, 0) is 54.2 Å². The van der Waals surface area contributed by atoms with Crippen LogP contribution in [-0.4, -0.2) is 42.4 Å². The topological polar surface area (TPSA) is 94.5 Å². The van der Waals surface area contributed by atoms with E-state index in [-0.39, 0.29) is 5.69 Å². The Morgan fingerprint density at radius 2 is 1.88 bits per heavy atom. The second kappa shape index (κ2) is 8.81. The van der Waals surface area contributed by atoms with E-state index in [0.717, 1.165) is 36.8 Å². The average Bonchev–Trinajstić information content (AvgIpc) is 3.54. The van der Waals surface area contributed by atoms with E-state index >= 15 is 4.39 Å². The quantitative estimate of drug-likeness (QED) is 0.563. The van der Waals surface area contributed by atoms with E-state index in [1.807, 2.05) is 0 Å². The maximum atomic E-state index is 15.1. The van der Waals surface area contributed by atoms with Crippen LogP contribution in [0.2, 0.25) is 0 Å². The van der Waals surface area contributed by atoms with Gasteiger partial charge in [0.1, 0.15) is 11.9 Å². The second-order valence-electron chi connectivity index (χ2n) is 9.30. The fraction of sp³-hybridized carbons (Fsp3) is 0.500. The number of ether oxygens (including phenoxy) is 1. The van der Waals surface area contributed by atoms with Crippen molar-refractivity contribution >= 4 is 11.6 Å². The van der Waals surface area contributed by atoms with Crippen LogP contribution >= 0.6 is 0 Å². The van der Waals surface area contributed by atoms with E-state index in [1.54, 1.807) is 24.5 Å². The van der Waals surface area contributed by atoms with Crippen molar-refractivity contribution < 1.29 is 27.1 Å². The summed E-state index contributed by atoms with van der Waals surface area (Å²) in [5.41, 5.74) is 9.81. The van der Waals surface area contributed by atoms with Gasteiger partial charge in [-0.1, -0.05) is 18.9 Å². The van der Waals surface area contributed by atoms with Crippen molar-refractivity contribution in [3.8, 4) is 0 Å². The van der Waals surface area contributed by atoms with Crippen molar-refractivity contribution in [1.82, 2.24) is 4.98 Å². The summed E-state index contributed by atoms with van der Waals surface area (Å²) in [5.74, 6) is -1.19. The number of methoxy groups -OCH3 is 1. The second-order valence-corrected chi connectivity index (χ2v) is 9.30. The zero-order chi connectivity index (χ0) is 24.7. The number of alkyl halides is 3. The highest BCUT2D eigenvalue weighted by molar-refractivity contribution is 5.85.